The standard InChI is InChI=1S/C26H28F2N4O6/c1-24(2,3)38-23(35)29-25(4,5)20-14-32(31-30-20)18(22(33)34)13-15-8-6-9-16(12-15)17-10-7-11-19-21(17)37-26(27,28)36-19/h6-12,14,18H,13H2,1-5H3,(H,29,35)(H,33,34)/t18-/m0/s1. The van der Waals surface area contributed by atoms with Crippen LogP contribution in [-0.2, 0) is 21.5 Å². The lowest BCUT2D eigenvalue weighted by atomic mass is 9.98. The van der Waals surface area contributed by atoms with Gasteiger partial charge in [-0.05, 0) is 51.8 Å². The highest BCUT2D eigenvalue weighted by molar-refractivity contribution is 5.76. The normalized spacial score (nSPS) is 15.1. The number of halogens is 2. The van der Waals surface area contributed by atoms with Crippen molar-refractivity contribution in [1.82, 2.24) is 20.3 Å². The summed E-state index contributed by atoms with van der Waals surface area (Å²) in [6, 6.07) is 10.2. The first-order chi connectivity index (χ1) is 17.6. The van der Waals surface area contributed by atoms with Crippen LogP contribution >= 0.6 is 0 Å². The minimum Gasteiger partial charge on any atom is -0.480 e. The third-order valence-corrected chi connectivity index (χ3v) is 5.66. The van der Waals surface area contributed by atoms with Crippen LogP contribution in [0.2, 0.25) is 0 Å². The number of nitrogens with one attached hydrogen (secondary N) is 1. The number of alkyl carbamates (subject to hydrolysis) is 1. The molecule has 1 aromatic heterocycles. The number of carbonyl (C=O) groups is 2. The van der Waals surface area contributed by atoms with Crippen molar-refractivity contribution in [3.05, 3.63) is 59.9 Å². The maximum absolute atomic E-state index is 13.6. The Hall–Kier alpha value is -4.22. The number of para-hydroxylation sites is 1. The van der Waals surface area contributed by atoms with Crippen LogP contribution in [0.5, 0.6) is 11.5 Å². The smallest absolute Gasteiger partial charge is 0.480 e. The lowest BCUT2D eigenvalue weighted by Crippen LogP contribution is -2.44. The highest BCUT2D eigenvalue weighted by atomic mass is 19.3. The van der Waals surface area contributed by atoms with Crippen LogP contribution in [0.25, 0.3) is 11.1 Å². The molecule has 12 heteroatoms. The second kappa shape index (κ2) is 9.58. The third kappa shape index (κ3) is 6.01. The van der Waals surface area contributed by atoms with Crippen molar-refractivity contribution in [2.45, 2.75) is 64.5 Å². The molecule has 1 amide bonds. The van der Waals surface area contributed by atoms with Gasteiger partial charge in [-0.15, -0.1) is 13.9 Å². The molecule has 38 heavy (non-hydrogen) atoms. The summed E-state index contributed by atoms with van der Waals surface area (Å²) >= 11 is 0. The molecule has 0 saturated carbocycles. The summed E-state index contributed by atoms with van der Waals surface area (Å²) in [5.41, 5.74) is 0.183. The number of carboxylic acids is 1. The number of aliphatic carboxylic acids is 1. The van der Waals surface area contributed by atoms with Gasteiger partial charge in [-0.1, -0.05) is 41.6 Å². The first kappa shape index (κ1) is 26.8. The van der Waals surface area contributed by atoms with Gasteiger partial charge in [0, 0.05) is 12.0 Å². The summed E-state index contributed by atoms with van der Waals surface area (Å²) < 4.78 is 43.0. The molecule has 3 aromatic rings. The summed E-state index contributed by atoms with van der Waals surface area (Å²) in [5, 5.41) is 20.7. The molecule has 2 heterocycles. The number of amides is 1. The maximum atomic E-state index is 13.6. The van der Waals surface area contributed by atoms with E-state index in [1.807, 2.05) is 0 Å². The Labute approximate surface area is 217 Å². The van der Waals surface area contributed by atoms with Crippen LogP contribution in [0, 0.1) is 0 Å². The monoisotopic (exact) mass is 530 g/mol. The zero-order valence-electron chi connectivity index (χ0n) is 21.5. The Balaban J connectivity index is 1.55. The van der Waals surface area contributed by atoms with Crippen molar-refractivity contribution >= 4 is 12.1 Å². The number of aromatic nitrogens is 3. The number of ether oxygens (including phenoxy) is 3. The Bertz CT molecular complexity index is 1370. The fraction of sp³-hybridized carbons (Fsp3) is 0.385. The van der Waals surface area contributed by atoms with Crippen LogP contribution in [0.15, 0.2) is 48.7 Å². The van der Waals surface area contributed by atoms with E-state index in [9.17, 15) is 23.5 Å². The fourth-order valence-corrected chi connectivity index (χ4v) is 3.92. The van der Waals surface area contributed by atoms with Gasteiger partial charge in [0.25, 0.3) is 0 Å². The first-order valence-corrected chi connectivity index (χ1v) is 11.8. The largest absolute Gasteiger partial charge is 0.586 e. The second-order valence-electron chi connectivity index (χ2n) is 10.4. The van der Waals surface area contributed by atoms with E-state index in [0.29, 0.717) is 22.4 Å². The lowest BCUT2D eigenvalue weighted by molar-refractivity contribution is -0.286. The number of hydrogen-bond acceptors (Lipinski definition) is 7. The molecular formula is C26H28F2N4O6. The maximum Gasteiger partial charge on any atom is 0.586 e. The van der Waals surface area contributed by atoms with E-state index in [1.165, 1.54) is 16.9 Å². The van der Waals surface area contributed by atoms with Crippen molar-refractivity contribution in [3.63, 3.8) is 0 Å². The van der Waals surface area contributed by atoms with E-state index >= 15 is 0 Å². The number of hydrogen-bond donors (Lipinski definition) is 2. The Morgan fingerprint density at radius 3 is 2.53 bits per heavy atom. The molecule has 0 fully saturated rings. The predicted molar refractivity (Wildman–Crippen MR) is 131 cm³/mol. The first-order valence-electron chi connectivity index (χ1n) is 11.8. The molecule has 1 aliphatic heterocycles. The molecular weight excluding hydrogens is 502 g/mol. The van der Waals surface area contributed by atoms with Crippen LogP contribution in [0.1, 0.15) is 51.9 Å². The molecule has 0 saturated heterocycles. The molecule has 1 aliphatic rings. The lowest BCUT2D eigenvalue weighted by Gasteiger charge is -2.27. The van der Waals surface area contributed by atoms with Gasteiger partial charge in [0.05, 0.1) is 11.7 Å². The number of carbonyl (C=O) groups excluding carboxylic acids is 1. The number of fused-ring (bicyclic) bond motifs is 1. The molecule has 2 aromatic carbocycles. The second-order valence-corrected chi connectivity index (χ2v) is 10.4. The van der Waals surface area contributed by atoms with Gasteiger partial charge < -0.3 is 24.6 Å². The van der Waals surface area contributed by atoms with E-state index < -0.39 is 35.5 Å². The Morgan fingerprint density at radius 2 is 1.84 bits per heavy atom. The van der Waals surface area contributed by atoms with Gasteiger partial charge in [0.1, 0.15) is 11.3 Å². The van der Waals surface area contributed by atoms with Crippen molar-refractivity contribution in [1.29, 1.82) is 0 Å². The van der Waals surface area contributed by atoms with E-state index in [1.54, 1.807) is 71.0 Å². The minimum atomic E-state index is -3.76. The van der Waals surface area contributed by atoms with E-state index in [2.05, 4.69) is 25.1 Å². The molecule has 0 radical (unpaired) electrons. The summed E-state index contributed by atoms with van der Waals surface area (Å²) in [6.07, 6.45) is -2.93. The zero-order valence-corrected chi connectivity index (χ0v) is 21.5. The Kier molecular flexibility index (Phi) is 6.77. The van der Waals surface area contributed by atoms with Crippen LogP contribution < -0.4 is 14.8 Å². The average molecular weight is 531 g/mol. The molecule has 0 spiro atoms. The van der Waals surface area contributed by atoms with Crippen LogP contribution in [0.3, 0.4) is 0 Å². The highest BCUT2D eigenvalue weighted by Crippen LogP contribution is 2.47. The molecule has 202 valence electrons. The van der Waals surface area contributed by atoms with Crippen LogP contribution in [-0.4, -0.2) is 44.1 Å². The van der Waals surface area contributed by atoms with Crippen LogP contribution in [0.4, 0.5) is 13.6 Å². The van der Waals surface area contributed by atoms with Gasteiger partial charge >= 0.3 is 18.4 Å². The third-order valence-electron chi connectivity index (χ3n) is 5.66. The number of alkyl halides is 2. The summed E-state index contributed by atoms with van der Waals surface area (Å²) in [6.45, 7) is 8.60. The molecule has 1 atom stereocenters. The summed E-state index contributed by atoms with van der Waals surface area (Å²) in [4.78, 5) is 24.4. The van der Waals surface area contributed by atoms with Gasteiger partial charge in [-0.25, -0.2) is 14.3 Å². The number of nitrogens with zero attached hydrogens (tertiary/aromatic N) is 3. The number of carboxylic acid groups (broad SMARTS) is 1. The summed E-state index contributed by atoms with van der Waals surface area (Å²) in [7, 11) is 0. The van der Waals surface area contributed by atoms with Crippen molar-refractivity contribution in [2.75, 3.05) is 0 Å². The summed E-state index contributed by atoms with van der Waals surface area (Å²) in [5.74, 6) is -1.33. The van der Waals surface area contributed by atoms with Gasteiger partial charge in [0.2, 0.25) is 0 Å². The zero-order chi connectivity index (χ0) is 27.9. The minimum absolute atomic E-state index is 0.0223. The van der Waals surface area contributed by atoms with E-state index in [0.717, 1.165) is 0 Å². The van der Waals surface area contributed by atoms with E-state index in [-0.39, 0.29) is 17.9 Å². The average Bonchev–Trinajstić information content (AvgIpc) is 3.39. The molecule has 10 nitrogen and oxygen atoms in total. The SMILES string of the molecule is CC(C)(C)OC(=O)NC(C)(C)c1cn([C@@H](Cc2cccc(-c3cccc4c3OC(F)(F)O4)c2)C(=O)O)nn1. The van der Waals surface area contributed by atoms with Crippen molar-refractivity contribution in [3.8, 4) is 22.6 Å². The van der Waals surface area contributed by atoms with Crippen molar-refractivity contribution < 1.29 is 37.7 Å². The Morgan fingerprint density at radius 1 is 1.13 bits per heavy atom. The van der Waals surface area contributed by atoms with E-state index in [4.69, 9.17) is 4.74 Å². The fourth-order valence-electron chi connectivity index (χ4n) is 3.92. The van der Waals surface area contributed by atoms with Crippen molar-refractivity contribution in [2.24, 2.45) is 0 Å². The highest BCUT2D eigenvalue weighted by Gasteiger charge is 2.44. The quantitative estimate of drug-likeness (QED) is 0.442. The predicted octanol–water partition coefficient (Wildman–Crippen LogP) is 4.89. The molecule has 4 rings (SSSR count). The van der Waals surface area contributed by atoms with Gasteiger partial charge in [-0.2, -0.15) is 0 Å². The topological polar surface area (TPSA) is 125 Å². The molecule has 0 aliphatic carbocycles. The molecule has 0 bridgehead atoms. The van der Waals surface area contributed by atoms with Gasteiger partial charge in [-0.3, -0.25) is 0 Å². The molecule has 2 N–H and O–H groups in total. The molecule has 0 unspecified atom stereocenters. The number of benzene rings is 2. The van der Waals surface area contributed by atoms with Gasteiger partial charge in [0.15, 0.2) is 17.5 Å². The number of rotatable bonds is 7.